The van der Waals surface area contributed by atoms with Crippen molar-refractivity contribution in [2.75, 3.05) is 11.9 Å². The zero-order chi connectivity index (χ0) is 15.6. The third kappa shape index (κ3) is 2.96. The van der Waals surface area contributed by atoms with Gasteiger partial charge in [-0.25, -0.2) is 0 Å². The molecule has 2 aromatic rings. The largest absolute Gasteiger partial charge is 0.492 e. The van der Waals surface area contributed by atoms with Gasteiger partial charge in [0.15, 0.2) is 5.82 Å². The van der Waals surface area contributed by atoms with Crippen LogP contribution in [0.15, 0.2) is 30.3 Å². The number of aromatic nitrogens is 2. The molecule has 4 rings (SSSR count). The molecule has 0 radical (unpaired) electrons. The number of H-pyrrole nitrogens is 1. The monoisotopic (exact) mass is 311 g/mol. The fraction of sp³-hybridized carbons (Fsp3) is 0.444. The standard InChI is InChI=1S/C18H21N3O2/c22-18(14-9-13-7-3-4-8-16(13)23-11-14)19-17-10-15(20-21-17)12-5-1-2-6-12/h3-4,7-8,10,12,14H,1-2,5-6,9,11H2,(H2,19,20,21,22). The molecular formula is C18H21N3O2. The molecule has 5 heteroatoms. The van der Waals surface area contributed by atoms with Crippen molar-refractivity contribution in [1.29, 1.82) is 0 Å². The van der Waals surface area contributed by atoms with Crippen LogP contribution in [-0.2, 0) is 11.2 Å². The summed E-state index contributed by atoms with van der Waals surface area (Å²) >= 11 is 0. The summed E-state index contributed by atoms with van der Waals surface area (Å²) in [5.41, 5.74) is 2.23. The number of fused-ring (bicyclic) bond motifs is 1. The molecule has 5 nitrogen and oxygen atoms in total. The summed E-state index contributed by atoms with van der Waals surface area (Å²) in [5.74, 6) is 1.88. The second-order valence-electron chi connectivity index (χ2n) is 6.50. The van der Waals surface area contributed by atoms with Gasteiger partial charge in [-0.1, -0.05) is 31.0 Å². The van der Waals surface area contributed by atoms with Crippen LogP contribution in [0.3, 0.4) is 0 Å². The average Bonchev–Trinajstić information content (AvgIpc) is 3.25. The van der Waals surface area contributed by atoms with Crippen LogP contribution in [0.2, 0.25) is 0 Å². The Bertz CT molecular complexity index is 704. The normalized spacial score (nSPS) is 20.8. The molecule has 120 valence electrons. The van der Waals surface area contributed by atoms with E-state index in [1.54, 1.807) is 0 Å². The van der Waals surface area contributed by atoms with E-state index in [-0.39, 0.29) is 11.8 Å². The second-order valence-corrected chi connectivity index (χ2v) is 6.50. The lowest BCUT2D eigenvalue weighted by Gasteiger charge is -2.24. The number of para-hydroxylation sites is 1. The molecule has 0 saturated heterocycles. The van der Waals surface area contributed by atoms with Crippen LogP contribution in [-0.4, -0.2) is 22.7 Å². The van der Waals surface area contributed by atoms with Gasteiger partial charge in [-0.05, 0) is 30.9 Å². The quantitative estimate of drug-likeness (QED) is 0.914. The van der Waals surface area contributed by atoms with E-state index in [1.165, 1.54) is 25.7 Å². The Kier molecular flexibility index (Phi) is 3.77. The first kappa shape index (κ1) is 14.3. The zero-order valence-corrected chi connectivity index (χ0v) is 13.0. The molecule has 1 fully saturated rings. The number of aromatic amines is 1. The van der Waals surface area contributed by atoms with Crippen molar-refractivity contribution in [2.24, 2.45) is 5.92 Å². The molecule has 2 aliphatic rings. The van der Waals surface area contributed by atoms with Gasteiger partial charge in [-0.15, -0.1) is 0 Å². The van der Waals surface area contributed by atoms with E-state index in [0.29, 0.717) is 24.8 Å². The van der Waals surface area contributed by atoms with Gasteiger partial charge in [0.1, 0.15) is 12.4 Å². The Morgan fingerprint density at radius 3 is 2.96 bits per heavy atom. The van der Waals surface area contributed by atoms with Crippen LogP contribution in [0.5, 0.6) is 5.75 Å². The highest BCUT2D eigenvalue weighted by atomic mass is 16.5. The van der Waals surface area contributed by atoms with Gasteiger partial charge in [-0.2, -0.15) is 5.10 Å². The van der Waals surface area contributed by atoms with E-state index < -0.39 is 0 Å². The molecule has 23 heavy (non-hydrogen) atoms. The molecule has 1 amide bonds. The number of hydrogen-bond acceptors (Lipinski definition) is 3. The van der Waals surface area contributed by atoms with Crippen molar-refractivity contribution in [3.63, 3.8) is 0 Å². The Morgan fingerprint density at radius 1 is 1.26 bits per heavy atom. The summed E-state index contributed by atoms with van der Waals surface area (Å²) in [6, 6.07) is 9.87. The minimum atomic E-state index is -0.170. The van der Waals surface area contributed by atoms with Crippen LogP contribution < -0.4 is 10.1 Å². The summed E-state index contributed by atoms with van der Waals surface area (Å²) < 4.78 is 5.69. The van der Waals surface area contributed by atoms with Gasteiger partial charge >= 0.3 is 0 Å². The van der Waals surface area contributed by atoms with Crippen molar-refractivity contribution in [3.05, 3.63) is 41.6 Å². The number of rotatable bonds is 3. The molecule has 2 N–H and O–H groups in total. The van der Waals surface area contributed by atoms with Gasteiger partial charge in [0, 0.05) is 17.7 Å². The highest BCUT2D eigenvalue weighted by Crippen LogP contribution is 2.34. The van der Waals surface area contributed by atoms with Gasteiger partial charge in [0.25, 0.3) is 0 Å². The molecule has 1 aromatic heterocycles. The van der Waals surface area contributed by atoms with Crippen molar-refractivity contribution in [3.8, 4) is 5.75 Å². The first-order chi connectivity index (χ1) is 11.3. The van der Waals surface area contributed by atoms with Crippen molar-refractivity contribution < 1.29 is 9.53 Å². The fourth-order valence-electron chi connectivity index (χ4n) is 3.57. The molecule has 1 aromatic carbocycles. The molecule has 0 bridgehead atoms. The number of nitrogens with one attached hydrogen (secondary N) is 2. The molecule has 1 aliphatic heterocycles. The smallest absolute Gasteiger partial charge is 0.232 e. The Balaban J connectivity index is 1.40. The lowest BCUT2D eigenvalue weighted by Crippen LogP contribution is -2.32. The highest BCUT2D eigenvalue weighted by molar-refractivity contribution is 5.92. The first-order valence-electron chi connectivity index (χ1n) is 8.36. The number of carbonyl (C=O) groups excluding carboxylic acids is 1. The van der Waals surface area contributed by atoms with Crippen LogP contribution >= 0.6 is 0 Å². The topological polar surface area (TPSA) is 67.0 Å². The SMILES string of the molecule is O=C(Nc1cc(C2CCCC2)[nH]n1)C1COc2ccccc2C1. The van der Waals surface area contributed by atoms with E-state index >= 15 is 0 Å². The maximum Gasteiger partial charge on any atom is 0.232 e. The van der Waals surface area contributed by atoms with E-state index in [9.17, 15) is 4.79 Å². The fourth-order valence-corrected chi connectivity index (χ4v) is 3.57. The maximum atomic E-state index is 12.5. The molecule has 2 heterocycles. The number of ether oxygens (including phenoxy) is 1. The number of anilines is 1. The van der Waals surface area contributed by atoms with Crippen molar-refractivity contribution in [1.82, 2.24) is 10.2 Å². The average molecular weight is 311 g/mol. The van der Waals surface area contributed by atoms with Gasteiger partial charge in [-0.3, -0.25) is 9.89 Å². The van der Waals surface area contributed by atoms with Gasteiger partial charge < -0.3 is 10.1 Å². The summed E-state index contributed by atoms with van der Waals surface area (Å²) in [6.45, 7) is 0.419. The number of nitrogens with zero attached hydrogens (tertiary/aromatic N) is 1. The zero-order valence-electron chi connectivity index (χ0n) is 13.0. The van der Waals surface area contributed by atoms with Crippen LogP contribution in [0, 0.1) is 5.92 Å². The third-order valence-corrected chi connectivity index (χ3v) is 4.89. The Labute approximate surface area is 135 Å². The summed E-state index contributed by atoms with van der Waals surface area (Å²) in [6.07, 6.45) is 5.70. The summed E-state index contributed by atoms with van der Waals surface area (Å²) in [7, 11) is 0. The third-order valence-electron chi connectivity index (χ3n) is 4.89. The highest BCUT2D eigenvalue weighted by Gasteiger charge is 2.26. The van der Waals surface area contributed by atoms with Gasteiger partial charge in [0.2, 0.25) is 5.91 Å². The number of amides is 1. The minimum Gasteiger partial charge on any atom is -0.492 e. The van der Waals surface area contributed by atoms with Gasteiger partial charge in [0.05, 0.1) is 5.92 Å². The Hall–Kier alpha value is -2.30. The predicted octanol–water partition coefficient (Wildman–Crippen LogP) is 3.26. The van der Waals surface area contributed by atoms with E-state index in [4.69, 9.17) is 4.74 Å². The van der Waals surface area contributed by atoms with E-state index in [2.05, 4.69) is 15.5 Å². The second kappa shape index (κ2) is 6.07. The number of benzene rings is 1. The summed E-state index contributed by atoms with van der Waals surface area (Å²) in [4.78, 5) is 12.5. The summed E-state index contributed by atoms with van der Waals surface area (Å²) in [5, 5.41) is 10.2. The first-order valence-corrected chi connectivity index (χ1v) is 8.36. The van der Waals surface area contributed by atoms with E-state index in [1.807, 2.05) is 30.3 Å². The van der Waals surface area contributed by atoms with Crippen LogP contribution in [0.25, 0.3) is 0 Å². The van der Waals surface area contributed by atoms with Crippen molar-refractivity contribution >= 4 is 11.7 Å². The molecule has 0 spiro atoms. The molecule has 1 aliphatic carbocycles. The lowest BCUT2D eigenvalue weighted by atomic mass is 9.96. The van der Waals surface area contributed by atoms with Crippen LogP contribution in [0.1, 0.15) is 42.9 Å². The predicted molar refractivity (Wildman–Crippen MR) is 87.6 cm³/mol. The molecule has 1 atom stereocenters. The molecule has 1 unspecified atom stereocenters. The molecule has 1 saturated carbocycles. The van der Waals surface area contributed by atoms with Crippen molar-refractivity contribution in [2.45, 2.75) is 38.0 Å². The number of carbonyl (C=O) groups is 1. The maximum absolute atomic E-state index is 12.5. The van der Waals surface area contributed by atoms with Crippen LogP contribution in [0.4, 0.5) is 5.82 Å². The lowest BCUT2D eigenvalue weighted by molar-refractivity contribution is -0.121. The minimum absolute atomic E-state index is 0.0241. The molecular weight excluding hydrogens is 290 g/mol. The number of hydrogen-bond donors (Lipinski definition) is 2. The Morgan fingerprint density at radius 2 is 2.09 bits per heavy atom. The van der Waals surface area contributed by atoms with E-state index in [0.717, 1.165) is 17.0 Å².